The summed E-state index contributed by atoms with van der Waals surface area (Å²) in [6.07, 6.45) is 1.78. The Hall–Kier alpha value is -2.13. The smallest absolute Gasteiger partial charge is 0.134 e. The van der Waals surface area contributed by atoms with E-state index in [0.29, 0.717) is 0 Å². The quantitative estimate of drug-likeness (QED) is 0.759. The normalized spacial score (nSPS) is 12.8. The van der Waals surface area contributed by atoms with Gasteiger partial charge in [-0.15, -0.1) is 0 Å². The Labute approximate surface area is 112 Å². The minimum absolute atomic E-state index is 0.255. The first-order valence-corrected chi connectivity index (χ1v) is 6.32. The highest BCUT2D eigenvalue weighted by atomic mass is 16.3. The van der Waals surface area contributed by atoms with Crippen LogP contribution in [0.5, 0.6) is 0 Å². The highest BCUT2D eigenvalue weighted by Crippen LogP contribution is 2.27. The van der Waals surface area contributed by atoms with Crippen LogP contribution in [0.4, 0.5) is 0 Å². The maximum Gasteiger partial charge on any atom is 0.134 e. The molecular formula is C16H16N2O. The highest BCUT2D eigenvalue weighted by molar-refractivity contribution is 5.78. The molecule has 96 valence electrons. The standard InChI is InChI=1S/C16H16N2O/c1-10-3-4-14-13(7-10)9-15(19-14)16(17)12-5-6-18-11(2)8-12/h3-9,16H,17H2,1-2H3. The Bertz CT molecular complexity index is 730. The first-order chi connectivity index (χ1) is 9.13. The summed E-state index contributed by atoms with van der Waals surface area (Å²) < 4.78 is 5.83. The van der Waals surface area contributed by atoms with Gasteiger partial charge in [-0.25, -0.2) is 0 Å². The van der Waals surface area contributed by atoms with E-state index in [2.05, 4.69) is 18.0 Å². The number of rotatable bonds is 2. The van der Waals surface area contributed by atoms with Crippen LogP contribution in [0.25, 0.3) is 11.0 Å². The average molecular weight is 252 g/mol. The second-order valence-electron chi connectivity index (χ2n) is 4.90. The van der Waals surface area contributed by atoms with Gasteiger partial charge in [0, 0.05) is 17.3 Å². The third kappa shape index (κ3) is 2.25. The Kier molecular flexibility index (Phi) is 2.84. The number of hydrogen-bond acceptors (Lipinski definition) is 3. The summed E-state index contributed by atoms with van der Waals surface area (Å²) >= 11 is 0. The molecule has 0 aliphatic rings. The van der Waals surface area contributed by atoms with Crippen molar-refractivity contribution in [1.29, 1.82) is 0 Å². The van der Waals surface area contributed by atoms with Gasteiger partial charge in [0.1, 0.15) is 11.3 Å². The predicted octanol–water partition coefficient (Wildman–Crippen LogP) is 3.49. The molecule has 0 spiro atoms. The first-order valence-electron chi connectivity index (χ1n) is 6.32. The molecule has 3 aromatic rings. The van der Waals surface area contributed by atoms with Gasteiger partial charge in [-0.2, -0.15) is 0 Å². The maximum atomic E-state index is 6.27. The van der Waals surface area contributed by atoms with Gasteiger partial charge < -0.3 is 10.2 Å². The lowest BCUT2D eigenvalue weighted by molar-refractivity contribution is 0.525. The molecule has 0 fully saturated rings. The lowest BCUT2D eigenvalue weighted by Gasteiger charge is -2.09. The highest BCUT2D eigenvalue weighted by Gasteiger charge is 2.14. The third-order valence-corrected chi connectivity index (χ3v) is 3.28. The van der Waals surface area contributed by atoms with Crippen molar-refractivity contribution in [3.05, 3.63) is 65.2 Å². The number of fused-ring (bicyclic) bond motifs is 1. The number of pyridine rings is 1. The molecule has 0 aliphatic carbocycles. The van der Waals surface area contributed by atoms with Crippen molar-refractivity contribution in [1.82, 2.24) is 4.98 Å². The molecule has 1 unspecified atom stereocenters. The van der Waals surface area contributed by atoms with Crippen molar-refractivity contribution in [3.8, 4) is 0 Å². The summed E-state index contributed by atoms with van der Waals surface area (Å²) in [5.74, 6) is 0.784. The lowest BCUT2D eigenvalue weighted by Crippen LogP contribution is -2.11. The van der Waals surface area contributed by atoms with Crippen LogP contribution in [0.15, 0.2) is 47.0 Å². The molecule has 2 heterocycles. The molecule has 2 aromatic heterocycles. The van der Waals surface area contributed by atoms with E-state index in [4.69, 9.17) is 10.2 Å². The van der Waals surface area contributed by atoms with Gasteiger partial charge in [0.15, 0.2) is 0 Å². The van der Waals surface area contributed by atoms with Crippen molar-refractivity contribution in [3.63, 3.8) is 0 Å². The zero-order valence-corrected chi connectivity index (χ0v) is 11.1. The molecular weight excluding hydrogens is 236 g/mol. The molecule has 3 rings (SSSR count). The van der Waals surface area contributed by atoms with Crippen LogP contribution in [-0.2, 0) is 0 Å². The number of aryl methyl sites for hydroxylation is 2. The van der Waals surface area contributed by atoms with Crippen LogP contribution in [0, 0.1) is 13.8 Å². The van der Waals surface area contributed by atoms with Gasteiger partial charge in [0.2, 0.25) is 0 Å². The lowest BCUT2D eigenvalue weighted by atomic mass is 10.1. The second-order valence-corrected chi connectivity index (χ2v) is 4.90. The Balaban J connectivity index is 2.04. The van der Waals surface area contributed by atoms with Crippen LogP contribution >= 0.6 is 0 Å². The van der Waals surface area contributed by atoms with Gasteiger partial charge >= 0.3 is 0 Å². The monoisotopic (exact) mass is 252 g/mol. The summed E-state index contributed by atoms with van der Waals surface area (Å²) in [6, 6.07) is 11.8. The fourth-order valence-corrected chi connectivity index (χ4v) is 2.26. The molecule has 0 aliphatic heterocycles. The molecule has 1 aromatic carbocycles. The van der Waals surface area contributed by atoms with E-state index in [0.717, 1.165) is 28.0 Å². The van der Waals surface area contributed by atoms with Gasteiger partial charge in [-0.3, -0.25) is 4.98 Å². The Morgan fingerprint density at radius 3 is 2.74 bits per heavy atom. The summed E-state index contributed by atoms with van der Waals surface area (Å²) in [4.78, 5) is 4.18. The summed E-state index contributed by atoms with van der Waals surface area (Å²) in [5.41, 5.74) is 10.3. The molecule has 0 saturated carbocycles. The van der Waals surface area contributed by atoms with E-state index in [1.165, 1.54) is 5.56 Å². The number of hydrogen-bond donors (Lipinski definition) is 1. The zero-order chi connectivity index (χ0) is 13.4. The minimum atomic E-state index is -0.255. The summed E-state index contributed by atoms with van der Waals surface area (Å²) in [5, 5.41) is 1.09. The second kappa shape index (κ2) is 4.52. The third-order valence-electron chi connectivity index (χ3n) is 3.28. The van der Waals surface area contributed by atoms with Crippen LogP contribution in [0.3, 0.4) is 0 Å². The largest absolute Gasteiger partial charge is 0.459 e. The SMILES string of the molecule is Cc1ccc2oc(C(N)c3ccnc(C)c3)cc2c1. The Morgan fingerprint density at radius 2 is 1.95 bits per heavy atom. The van der Waals surface area contributed by atoms with Crippen molar-refractivity contribution < 1.29 is 4.42 Å². The van der Waals surface area contributed by atoms with Crippen molar-refractivity contribution in [2.45, 2.75) is 19.9 Å². The number of nitrogens with zero attached hydrogens (tertiary/aromatic N) is 1. The molecule has 2 N–H and O–H groups in total. The van der Waals surface area contributed by atoms with E-state index in [-0.39, 0.29) is 6.04 Å². The van der Waals surface area contributed by atoms with E-state index in [1.807, 2.05) is 37.3 Å². The van der Waals surface area contributed by atoms with E-state index in [1.54, 1.807) is 6.20 Å². The first kappa shape index (κ1) is 11.9. The van der Waals surface area contributed by atoms with E-state index in [9.17, 15) is 0 Å². The van der Waals surface area contributed by atoms with Gasteiger partial charge in [-0.1, -0.05) is 11.6 Å². The molecule has 3 nitrogen and oxygen atoms in total. The molecule has 3 heteroatoms. The number of nitrogens with two attached hydrogens (primary N) is 1. The molecule has 0 radical (unpaired) electrons. The van der Waals surface area contributed by atoms with E-state index < -0.39 is 0 Å². The zero-order valence-electron chi connectivity index (χ0n) is 11.1. The average Bonchev–Trinajstić information content (AvgIpc) is 2.80. The molecule has 1 atom stereocenters. The fourth-order valence-electron chi connectivity index (χ4n) is 2.26. The van der Waals surface area contributed by atoms with Gasteiger partial charge in [0.25, 0.3) is 0 Å². The predicted molar refractivity (Wildman–Crippen MR) is 76.0 cm³/mol. The maximum absolute atomic E-state index is 6.27. The van der Waals surface area contributed by atoms with E-state index >= 15 is 0 Å². The van der Waals surface area contributed by atoms with Crippen LogP contribution < -0.4 is 5.73 Å². The summed E-state index contributed by atoms with van der Waals surface area (Å²) in [7, 11) is 0. The van der Waals surface area contributed by atoms with Crippen LogP contribution in [0.2, 0.25) is 0 Å². The summed E-state index contributed by atoms with van der Waals surface area (Å²) in [6.45, 7) is 4.02. The molecule has 0 bridgehead atoms. The minimum Gasteiger partial charge on any atom is -0.459 e. The number of furan rings is 1. The topological polar surface area (TPSA) is 52.0 Å². The van der Waals surface area contributed by atoms with Crippen molar-refractivity contribution in [2.24, 2.45) is 5.73 Å². The van der Waals surface area contributed by atoms with Gasteiger partial charge in [0.05, 0.1) is 6.04 Å². The number of aromatic nitrogens is 1. The molecule has 19 heavy (non-hydrogen) atoms. The number of benzene rings is 1. The van der Waals surface area contributed by atoms with Crippen LogP contribution in [0.1, 0.15) is 28.6 Å². The fraction of sp³-hybridized carbons (Fsp3) is 0.188. The van der Waals surface area contributed by atoms with Crippen molar-refractivity contribution >= 4 is 11.0 Å². The Morgan fingerprint density at radius 1 is 1.11 bits per heavy atom. The van der Waals surface area contributed by atoms with Gasteiger partial charge in [-0.05, 0) is 49.7 Å². The van der Waals surface area contributed by atoms with Crippen LogP contribution in [-0.4, -0.2) is 4.98 Å². The molecule has 0 saturated heterocycles. The molecule has 0 amide bonds. The van der Waals surface area contributed by atoms with Crippen molar-refractivity contribution in [2.75, 3.05) is 0 Å².